The third-order valence-electron chi connectivity index (χ3n) is 2.93. The predicted octanol–water partition coefficient (Wildman–Crippen LogP) is 3.02. The minimum atomic E-state index is -0.292. The third-order valence-corrected chi connectivity index (χ3v) is 3.18. The van der Waals surface area contributed by atoms with Gasteiger partial charge in [-0.25, -0.2) is 0 Å². The van der Waals surface area contributed by atoms with Gasteiger partial charge in [-0.1, -0.05) is 29.8 Å². The molecule has 2 N–H and O–H groups in total. The SMILES string of the molecule is Cc1ccccc1C(=O)NCC(=O)Nc1ccc(Cl)cc1. The molecule has 0 bridgehead atoms. The molecule has 108 valence electrons. The van der Waals surface area contributed by atoms with Gasteiger partial charge in [-0.2, -0.15) is 0 Å². The molecule has 5 heteroatoms. The number of benzene rings is 2. The van der Waals surface area contributed by atoms with Crippen LogP contribution in [0.3, 0.4) is 0 Å². The standard InChI is InChI=1S/C16H15ClN2O2/c1-11-4-2-3-5-14(11)16(21)18-10-15(20)19-13-8-6-12(17)7-9-13/h2-9H,10H2,1H3,(H,18,21)(H,19,20). The molecule has 2 amide bonds. The smallest absolute Gasteiger partial charge is 0.251 e. The minimum Gasteiger partial charge on any atom is -0.343 e. The fourth-order valence-corrected chi connectivity index (χ4v) is 1.95. The van der Waals surface area contributed by atoms with Crippen LogP contribution in [0.4, 0.5) is 5.69 Å². The van der Waals surface area contributed by atoms with Crippen LogP contribution in [0, 0.1) is 6.92 Å². The highest BCUT2D eigenvalue weighted by Crippen LogP contribution is 2.13. The lowest BCUT2D eigenvalue weighted by atomic mass is 10.1. The number of aryl methyl sites for hydroxylation is 1. The molecule has 0 aromatic heterocycles. The zero-order valence-corrected chi connectivity index (χ0v) is 12.3. The molecule has 0 spiro atoms. The van der Waals surface area contributed by atoms with Crippen molar-refractivity contribution in [2.45, 2.75) is 6.92 Å². The van der Waals surface area contributed by atoms with Crippen molar-refractivity contribution in [3.8, 4) is 0 Å². The Morgan fingerprint density at radius 3 is 2.38 bits per heavy atom. The van der Waals surface area contributed by atoms with Crippen LogP contribution in [0.15, 0.2) is 48.5 Å². The van der Waals surface area contributed by atoms with Gasteiger partial charge >= 0.3 is 0 Å². The molecule has 0 saturated heterocycles. The van der Waals surface area contributed by atoms with E-state index in [4.69, 9.17) is 11.6 Å². The first kappa shape index (κ1) is 15.1. The van der Waals surface area contributed by atoms with Crippen LogP contribution >= 0.6 is 11.6 Å². The molecular formula is C16H15ClN2O2. The molecule has 2 aromatic rings. The number of amides is 2. The van der Waals surface area contributed by atoms with Gasteiger partial charge in [-0.3, -0.25) is 9.59 Å². The van der Waals surface area contributed by atoms with Crippen molar-refractivity contribution in [2.75, 3.05) is 11.9 Å². The highest BCUT2D eigenvalue weighted by atomic mass is 35.5. The second-order valence-electron chi connectivity index (χ2n) is 4.55. The molecule has 0 aliphatic rings. The van der Waals surface area contributed by atoms with Crippen molar-refractivity contribution in [1.29, 1.82) is 0 Å². The molecule has 0 aliphatic heterocycles. The van der Waals surface area contributed by atoms with E-state index in [0.717, 1.165) is 5.56 Å². The summed E-state index contributed by atoms with van der Waals surface area (Å²) in [5.41, 5.74) is 2.07. The van der Waals surface area contributed by atoms with E-state index in [-0.39, 0.29) is 18.4 Å². The van der Waals surface area contributed by atoms with Crippen molar-refractivity contribution < 1.29 is 9.59 Å². The van der Waals surface area contributed by atoms with Crippen molar-refractivity contribution in [3.05, 3.63) is 64.7 Å². The molecule has 0 unspecified atom stereocenters. The second-order valence-corrected chi connectivity index (χ2v) is 4.99. The number of rotatable bonds is 4. The normalized spacial score (nSPS) is 10.0. The Hall–Kier alpha value is -2.33. The Kier molecular flexibility index (Phi) is 4.95. The Balaban J connectivity index is 1.88. The third kappa shape index (κ3) is 4.33. The molecule has 0 aliphatic carbocycles. The molecule has 4 nitrogen and oxygen atoms in total. The maximum absolute atomic E-state index is 12.0. The van der Waals surface area contributed by atoms with Crippen LogP contribution in [-0.2, 0) is 4.79 Å². The van der Waals surface area contributed by atoms with Gasteiger partial charge in [-0.05, 0) is 42.8 Å². The molecule has 0 fully saturated rings. The van der Waals surface area contributed by atoms with Crippen molar-refractivity contribution in [2.24, 2.45) is 0 Å². The van der Waals surface area contributed by atoms with Gasteiger partial charge in [-0.15, -0.1) is 0 Å². The lowest BCUT2D eigenvalue weighted by molar-refractivity contribution is -0.115. The maximum Gasteiger partial charge on any atom is 0.251 e. The summed E-state index contributed by atoms with van der Waals surface area (Å²) >= 11 is 5.76. The van der Waals surface area contributed by atoms with Crippen LogP contribution in [-0.4, -0.2) is 18.4 Å². The lowest BCUT2D eigenvalue weighted by Crippen LogP contribution is -2.33. The molecule has 0 radical (unpaired) electrons. The van der Waals surface area contributed by atoms with Gasteiger partial charge in [0.25, 0.3) is 5.91 Å². The first-order valence-electron chi connectivity index (χ1n) is 6.45. The van der Waals surface area contributed by atoms with Gasteiger partial charge in [0.15, 0.2) is 0 Å². The first-order chi connectivity index (χ1) is 10.1. The average molecular weight is 303 g/mol. The topological polar surface area (TPSA) is 58.2 Å². The van der Waals surface area contributed by atoms with Gasteiger partial charge < -0.3 is 10.6 Å². The summed E-state index contributed by atoms with van der Waals surface area (Å²) in [6.45, 7) is 1.76. The Morgan fingerprint density at radius 2 is 1.71 bits per heavy atom. The molecule has 2 aromatic carbocycles. The van der Waals surface area contributed by atoms with Crippen LogP contribution in [0.2, 0.25) is 5.02 Å². The summed E-state index contributed by atoms with van der Waals surface area (Å²) in [6, 6.07) is 14.0. The average Bonchev–Trinajstić information content (AvgIpc) is 2.48. The molecule has 0 atom stereocenters. The predicted molar refractivity (Wildman–Crippen MR) is 83.6 cm³/mol. The summed E-state index contributed by atoms with van der Waals surface area (Å²) < 4.78 is 0. The van der Waals surface area contributed by atoms with Crippen molar-refractivity contribution >= 4 is 29.1 Å². The largest absolute Gasteiger partial charge is 0.343 e. The number of halogens is 1. The van der Waals surface area contributed by atoms with Crippen LogP contribution < -0.4 is 10.6 Å². The van der Waals surface area contributed by atoms with E-state index in [2.05, 4.69) is 10.6 Å². The van der Waals surface area contributed by atoms with E-state index in [1.807, 2.05) is 19.1 Å². The summed E-state index contributed by atoms with van der Waals surface area (Å²) in [7, 11) is 0. The summed E-state index contributed by atoms with van der Waals surface area (Å²) in [5.74, 6) is -0.557. The monoisotopic (exact) mass is 302 g/mol. The number of carbonyl (C=O) groups is 2. The molecule has 0 saturated carbocycles. The zero-order valence-electron chi connectivity index (χ0n) is 11.5. The molecule has 21 heavy (non-hydrogen) atoms. The van der Waals surface area contributed by atoms with Gasteiger partial charge in [0.2, 0.25) is 5.91 Å². The quantitative estimate of drug-likeness (QED) is 0.912. The van der Waals surface area contributed by atoms with Crippen LogP contribution in [0.25, 0.3) is 0 Å². The number of anilines is 1. The highest BCUT2D eigenvalue weighted by Gasteiger charge is 2.09. The molecule has 2 rings (SSSR count). The van der Waals surface area contributed by atoms with E-state index in [9.17, 15) is 9.59 Å². The Labute approximate surface area is 128 Å². The van der Waals surface area contributed by atoms with Crippen molar-refractivity contribution in [3.63, 3.8) is 0 Å². The first-order valence-corrected chi connectivity index (χ1v) is 6.83. The van der Waals surface area contributed by atoms with Crippen LogP contribution in [0.5, 0.6) is 0 Å². The van der Waals surface area contributed by atoms with Crippen LogP contribution in [0.1, 0.15) is 15.9 Å². The fourth-order valence-electron chi connectivity index (χ4n) is 1.82. The van der Waals surface area contributed by atoms with E-state index in [1.54, 1.807) is 36.4 Å². The zero-order chi connectivity index (χ0) is 15.2. The Bertz CT molecular complexity index is 654. The highest BCUT2D eigenvalue weighted by molar-refractivity contribution is 6.30. The lowest BCUT2D eigenvalue weighted by Gasteiger charge is -2.08. The number of hydrogen-bond acceptors (Lipinski definition) is 2. The second kappa shape index (κ2) is 6.90. The number of nitrogens with one attached hydrogen (secondary N) is 2. The van der Waals surface area contributed by atoms with E-state index < -0.39 is 0 Å². The molecular weight excluding hydrogens is 288 g/mol. The summed E-state index contributed by atoms with van der Waals surface area (Å²) in [4.78, 5) is 23.7. The van der Waals surface area contributed by atoms with E-state index >= 15 is 0 Å². The maximum atomic E-state index is 12.0. The fraction of sp³-hybridized carbons (Fsp3) is 0.125. The van der Waals surface area contributed by atoms with Gasteiger partial charge in [0.1, 0.15) is 0 Å². The summed E-state index contributed by atoms with van der Waals surface area (Å²) in [5, 5.41) is 5.87. The van der Waals surface area contributed by atoms with Gasteiger partial charge in [0, 0.05) is 16.3 Å². The molecule has 0 heterocycles. The minimum absolute atomic E-state index is 0.0875. The summed E-state index contributed by atoms with van der Waals surface area (Å²) in [6.07, 6.45) is 0. The number of hydrogen-bond donors (Lipinski definition) is 2. The van der Waals surface area contributed by atoms with E-state index in [1.165, 1.54) is 0 Å². The Morgan fingerprint density at radius 1 is 1.05 bits per heavy atom. The van der Waals surface area contributed by atoms with E-state index in [0.29, 0.717) is 16.3 Å². The number of carbonyl (C=O) groups excluding carboxylic acids is 2. The van der Waals surface area contributed by atoms with Crippen molar-refractivity contribution in [1.82, 2.24) is 5.32 Å². The van der Waals surface area contributed by atoms with Gasteiger partial charge in [0.05, 0.1) is 6.54 Å².